The van der Waals surface area contributed by atoms with E-state index in [0.29, 0.717) is 43.3 Å². The van der Waals surface area contributed by atoms with Crippen LogP contribution < -0.4 is 14.4 Å². The molecule has 0 atom stereocenters. The van der Waals surface area contributed by atoms with Gasteiger partial charge in [0.1, 0.15) is 11.6 Å². The number of benzene rings is 3. The van der Waals surface area contributed by atoms with E-state index in [4.69, 9.17) is 4.74 Å². The number of nitrogens with zero attached hydrogens (tertiary/aromatic N) is 2. The number of sulfonamides is 1. The number of aryl methyl sites for hydroxylation is 2. The molecule has 1 aliphatic rings. The van der Waals surface area contributed by atoms with Gasteiger partial charge in [-0.2, -0.15) is 0 Å². The van der Waals surface area contributed by atoms with Crippen LogP contribution in [0.15, 0.2) is 71.6 Å². The van der Waals surface area contributed by atoms with Gasteiger partial charge in [-0.3, -0.25) is 9.52 Å². The Hall–Kier alpha value is -3.59. The summed E-state index contributed by atoms with van der Waals surface area (Å²) in [6.07, 6.45) is 0. The highest BCUT2D eigenvalue weighted by atomic mass is 32.2. The molecule has 3 aromatic carbocycles. The molecular weight excluding hydrogens is 469 g/mol. The van der Waals surface area contributed by atoms with Gasteiger partial charge in [0, 0.05) is 26.2 Å². The van der Waals surface area contributed by atoms with Crippen molar-refractivity contribution in [2.75, 3.05) is 42.4 Å². The summed E-state index contributed by atoms with van der Waals surface area (Å²) in [6, 6.07) is 18.1. The monoisotopic (exact) mass is 497 g/mol. The smallest absolute Gasteiger partial charge is 0.261 e. The topological polar surface area (TPSA) is 78.9 Å². The molecule has 1 fully saturated rings. The van der Waals surface area contributed by atoms with Gasteiger partial charge < -0.3 is 14.5 Å². The molecule has 4 rings (SSSR count). The maximum absolute atomic E-state index is 14.0. The van der Waals surface area contributed by atoms with Gasteiger partial charge in [-0.05, 0) is 67.4 Å². The standard InChI is InChI=1S/C26H28FN3O4S/c1-19-7-8-20(2)24(17-19)28-35(32,33)22-11-9-21(10-12-22)34-18-26(31)30-15-13-29(14-16-30)25-6-4-3-5-23(25)27/h3-12,17,28H,13-16,18H2,1-2H3. The van der Waals surface area contributed by atoms with Crippen LogP contribution in [0.1, 0.15) is 11.1 Å². The lowest BCUT2D eigenvalue weighted by Crippen LogP contribution is -2.50. The van der Waals surface area contributed by atoms with Crippen molar-refractivity contribution in [1.82, 2.24) is 4.90 Å². The second kappa shape index (κ2) is 10.4. The zero-order chi connectivity index (χ0) is 25.0. The predicted octanol–water partition coefficient (Wildman–Crippen LogP) is 3.97. The third-order valence-electron chi connectivity index (χ3n) is 5.96. The molecule has 0 aromatic heterocycles. The van der Waals surface area contributed by atoms with E-state index in [0.717, 1.165) is 11.1 Å². The largest absolute Gasteiger partial charge is 0.484 e. The number of amides is 1. The Bertz CT molecular complexity index is 1300. The van der Waals surface area contributed by atoms with E-state index in [1.165, 1.54) is 30.3 Å². The number of anilines is 2. The lowest BCUT2D eigenvalue weighted by Gasteiger charge is -2.36. The van der Waals surface area contributed by atoms with Gasteiger partial charge in [0.2, 0.25) is 0 Å². The highest BCUT2D eigenvalue weighted by Crippen LogP contribution is 2.23. The molecule has 0 radical (unpaired) electrons. The molecule has 35 heavy (non-hydrogen) atoms. The zero-order valence-corrected chi connectivity index (χ0v) is 20.5. The molecule has 0 unspecified atom stereocenters. The molecule has 0 spiro atoms. The first kappa shape index (κ1) is 24.5. The lowest BCUT2D eigenvalue weighted by atomic mass is 10.1. The summed E-state index contributed by atoms with van der Waals surface area (Å²) in [6.45, 7) is 5.58. The Morgan fingerprint density at radius 3 is 2.34 bits per heavy atom. The van der Waals surface area contributed by atoms with Crippen LogP contribution in [0, 0.1) is 19.7 Å². The number of hydrogen-bond acceptors (Lipinski definition) is 5. The minimum Gasteiger partial charge on any atom is -0.484 e. The van der Waals surface area contributed by atoms with E-state index in [1.54, 1.807) is 29.2 Å². The first-order valence-electron chi connectivity index (χ1n) is 11.3. The van der Waals surface area contributed by atoms with Crippen LogP contribution in [0.4, 0.5) is 15.8 Å². The number of carbonyl (C=O) groups excluding carboxylic acids is 1. The van der Waals surface area contributed by atoms with E-state index in [-0.39, 0.29) is 23.2 Å². The average Bonchev–Trinajstić information content (AvgIpc) is 2.85. The van der Waals surface area contributed by atoms with Crippen LogP contribution in [-0.2, 0) is 14.8 Å². The summed E-state index contributed by atoms with van der Waals surface area (Å²) in [5, 5.41) is 0. The molecule has 1 heterocycles. The van der Waals surface area contributed by atoms with Crippen molar-refractivity contribution in [3.8, 4) is 5.75 Å². The summed E-state index contributed by atoms with van der Waals surface area (Å²) in [4.78, 5) is 16.3. The maximum atomic E-state index is 14.0. The Morgan fingerprint density at radius 2 is 1.66 bits per heavy atom. The van der Waals surface area contributed by atoms with E-state index in [9.17, 15) is 17.6 Å². The molecule has 1 N–H and O–H groups in total. The quantitative estimate of drug-likeness (QED) is 0.535. The van der Waals surface area contributed by atoms with Crippen molar-refractivity contribution in [1.29, 1.82) is 0 Å². The van der Waals surface area contributed by atoms with Crippen LogP contribution in [0.2, 0.25) is 0 Å². The van der Waals surface area contributed by atoms with E-state index in [1.807, 2.05) is 30.9 Å². The van der Waals surface area contributed by atoms with Crippen LogP contribution in [0.25, 0.3) is 0 Å². The molecule has 184 valence electrons. The highest BCUT2D eigenvalue weighted by molar-refractivity contribution is 7.92. The second-order valence-electron chi connectivity index (χ2n) is 8.50. The van der Waals surface area contributed by atoms with Crippen molar-refractivity contribution < 1.29 is 22.3 Å². The summed E-state index contributed by atoms with van der Waals surface area (Å²) < 4.78 is 47.7. The number of para-hydroxylation sites is 1. The normalized spacial score (nSPS) is 14.0. The Morgan fingerprint density at radius 1 is 0.971 bits per heavy atom. The fraction of sp³-hybridized carbons (Fsp3) is 0.269. The van der Waals surface area contributed by atoms with Crippen molar-refractivity contribution in [2.45, 2.75) is 18.7 Å². The number of rotatable bonds is 7. The van der Waals surface area contributed by atoms with E-state index < -0.39 is 10.0 Å². The first-order chi connectivity index (χ1) is 16.7. The molecule has 1 saturated heterocycles. The molecule has 0 aliphatic carbocycles. The van der Waals surface area contributed by atoms with Crippen molar-refractivity contribution in [3.05, 3.63) is 83.7 Å². The minimum atomic E-state index is -3.76. The fourth-order valence-electron chi connectivity index (χ4n) is 3.91. The van der Waals surface area contributed by atoms with Gasteiger partial charge in [-0.1, -0.05) is 24.3 Å². The molecule has 1 aliphatic heterocycles. The van der Waals surface area contributed by atoms with Gasteiger partial charge in [0.05, 0.1) is 16.3 Å². The number of hydrogen-bond donors (Lipinski definition) is 1. The number of halogens is 1. The summed E-state index contributed by atoms with van der Waals surface area (Å²) in [7, 11) is -3.76. The third-order valence-corrected chi connectivity index (χ3v) is 7.34. The maximum Gasteiger partial charge on any atom is 0.261 e. The van der Waals surface area contributed by atoms with Crippen molar-refractivity contribution >= 4 is 27.3 Å². The van der Waals surface area contributed by atoms with Crippen LogP contribution in [-0.4, -0.2) is 52.0 Å². The molecule has 3 aromatic rings. The molecule has 1 amide bonds. The van der Waals surface area contributed by atoms with Gasteiger partial charge in [-0.15, -0.1) is 0 Å². The first-order valence-corrected chi connectivity index (χ1v) is 12.8. The van der Waals surface area contributed by atoms with Crippen LogP contribution >= 0.6 is 0 Å². The number of piperazine rings is 1. The number of ether oxygens (including phenoxy) is 1. The van der Waals surface area contributed by atoms with Crippen LogP contribution in [0.3, 0.4) is 0 Å². The summed E-state index contributed by atoms with van der Waals surface area (Å²) in [5.74, 6) is -0.0502. The van der Waals surface area contributed by atoms with Gasteiger partial charge in [0.15, 0.2) is 6.61 Å². The highest BCUT2D eigenvalue weighted by Gasteiger charge is 2.23. The summed E-state index contributed by atoms with van der Waals surface area (Å²) in [5.41, 5.74) is 2.85. The second-order valence-corrected chi connectivity index (χ2v) is 10.2. The van der Waals surface area contributed by atoms with Gasteiger partial charge in [0.25, 0.3) is 15.9 Å². The Balaban J connectivity index is 1.30. The lowest BCUT2D eigenvalue weighted by molar-refractivity contribution is -0.133. The SMILES string of the molecule is Cc1ccc(C)c(NS(=O)(=O)c2ccc(OCC(=O)N3CCN(c4ccccc4F)CC3)cc2)c1. The van der Waals surface area contributed by atoms with Crippen molar-refractivity contribution in [2.24, 2.45) is 0 Å². The fourth-order valence-corrected chi connectivity index (χ4v) is 5.03. The number of nitrogens with one attached hydrogen (secondary N) is 1. The molecule has 9 heteroatoms. The van der Waals surface area contributed by atoms with Gasteiger partial charge >= 0.3 is 0 Å². The zero-order valence-electron chi connectivity index (χ0n) is 19.7. The van der Waals surface area contributed by atoms with E-state index in [2.05, 4.69) is 4.72 Å². The number of carbonyl (C=O) groups is 1. The molecular formula is C26H28FN3O4S. The Labute approximate surface area is 205 Å². The van der Waals surface area contributed by atoms with Gasteiger partial charge in [-0.25, -0.2) is 12.8 Å². The average molecular weight is 498 g/mol. The van der Waals surface area contributed by atoms with E-state index >= 15 is 0 Å². The Kier molecular flexibility index (Phi) is 7.25. The third kappa shape index (κ3) is 5.92. The van der Waals surface area contributed by atoms with Crippen molar-refractivity contribution in [3.63, 3.8) is 0 Å². The molecule has 0 saturated carbocycles. The summed E-state index contributed by atoms with van der Waals surface area (Å²) >= 11 is 0. The molecule has 0 bridgehead atoms. The minimum absolute atomic E-state index is 0.0985. The predicted molar refractivity (Wildman–Crippen MR) is 134 cm³/mol. The van der Waals surface area contributed by atoms with Crippen LogP contribution in [0.5, 0.6) is 5.75 Å². The molecule has 7 nitrogen and oxygen atoms in total.